The lowest BCUT2D eigenvalue weighted by atomic mass is 10.1. The maximum absolute atomic E-state index is 13.2. The summed E-state index contributed by atoms with van der Waals surface area (Å²) in [6.45, 7) is 4.48. The normalized spacial score (nSPS) is 18.0. The van der Waals surface area contributed by atoms with Gasteiger partial charge in [0.25, 0.3) is 0 Å². The van der Waals surface area contributed by atoms with E-state index in [9.17, 15) is 4.79 Å². The Bertz CT molecular complexity index is 901. The van der Waals surface area contributed by atoms with E-state index in [1.54, 1.807) is 0 Å². The lowest BCUT2D eigenvalue weighted by molar-refractivity contribution is -0.133. The van der Waals surface area contributed by atoms with Gasteiger partial charge in [-0.15, -0.1) is 0 Å². The van der Waals surface area contributed by atoms with Crippen LogP contribution >= 0.6 is 0 Å². The Balaban J connectivity index is 1.45. The van der Waals surface area contributed by atoms with E-state index in [-0.39, 0.29) is 5.92 Å². The Labute approximate surface area is 167 Å². The molecular formula is C25H28N2O. The molecule has 1 amide bonds. The molecule has 0 bridgehead atoms. The molecule has 0 unspecified atom stereocenters. The van der Waals surface area contributed by atoms with E-state index < -0.39 is 0 Å². The molecule has 0 radical (unpaired) electrons. The number of nitrogens with zero attached hydrogens (tertiary/aromatic N) is 2. The first-order chi connectivity index (χ1) is 13.8. The molecule has 2 aromatic carbocycles. The van der Waals surface area contributed by atoms with Crippen molar-refractivity contribution in [1.29, 1.82) is 0 Å². The van der Waals surface area contributed by atoms with Crippen molar-refractivity contribution in [3.8, 4) is 0 Å². The summed E-state index contributed by atoms with van der Waals surface area (Å²) in [7, 11) is 0. The minimum Gasteiger partial charge on any atom is -0.345 e. The van der Waals surface area contributed by atoms with E-state index in [0.717, 1.165) is 25.9 Å². The molecule has 3 aromatic rings. The Morgan fingerprint density at radius 3 is 2.43 bits per heavy atom. The maximum Gasteiger partial charge on any atom is 0.226 e. The average Bonchev–Trinajstić information content (AvgIpc) is 3.43. The van der Waals surface area contributed by atoms with Crippen LogP contribution in [-0.4, -0.2) is 21.9 Å². The smallest absolute Gasteiger partial charge is 0.226 e. The molecule has 0 aliphatic heterocycles. The van der Waals surface area contributed by atoms with Crippen molar-refractivity contribution in [1.82, 2.24) is 9.47 Å². The van der Waals surface area contributed by atoms with E-state index in [4.69, 9.17) is 0 Å². The first-order valence-electron chi connectivity index (χ1n) is 10.3. The average molecular weight is 373 g/mol. The highest BCUT2D eigenvalue weighted by Crippen LogP contribution is 2.48. The first-order valence-corrected chi connectivity index (χ1v) is 10.3. The van der Waals surface area contributed by atoms with E-state index in [0.29, 0.717) is 18.4 Å². The standard InChI is InChI=1S/C25H28N2O/c1-2-15-27(25(28)24-17-23(24)21-12-7-4-8-13-21)19-22-14-9-16-26(22)18-20-10-5-3-6-11-20/h3-14,16,23-24H,2,15,17-19H2,1H3/t23-,24-/m0/s1. The zero-order valence-corrected chi connectivity index (χ0v) is 16.5. The summed E-state index contributed by atoms with van der Waals surface area (Å²) >= 11 is 0. The highest BCUT2D eigenvalue weighted by atomic mass is 16.2. The lowest BCUT2D eigenvalue weighted by Crippen LogP contribution is -2.33. The quantitative estimate of drug-likeness (QED) is 0.541. The monoisotopic (exact) mass is 372 g/mol. The number of carbonyl (C=O) groups excluding carboxylic acids is 1. The summed E-state index contributed by atoms with van der Waals surface area (Å²) in [4.78, 5) is 15.3. The molecule has 1 saturated carbocycles. The SMILES string of the molecule is CCCN(Cc1cccn1Cc1ccccc1)C(=O)[C@H]1C[C@H]1c1ccccc1. The minimum absolute atomic E-state index is 0.145. The van der Waals surface area contributed by atoms with E-state index in [1.807, 2.05) is 12.1 Å². The Hall–Kier alpha value is -2.81. The second-order valence-electron chi connectivity index (χ2n) is 7.73. The molecule has 0 N–H and O–H groups in total. The summed E-state index contributed by atoms with van der Waals surface area (Å²) in [5.74, 6) is 0.846. The van der Waals surface area contributed by atoms with Crippen LogP contribution < -0.4 is 0 Å². The van der Waals surface area contributed by atoms with Gasteiger partial charge in [-0.1, -0.05) is 67.6 Å². The van der Waals surface area contributed by atoms with Gasteiger partial charge < -0.3 is 9.47 Å². The first kappa shape index (κ1) is 18.5. The van der Waals surface area contributed by atoms with Gasteiger partial charge in [-0.2, -0.15) is 0 Å². The molecule has 0 spiro atoms. The van der Waals surface area contributed by atoms with Gasteiger partial charge >= 0.3 is 0 Å². The van der Waals surface area contributed by atoms with Gasteiger partial charge in [-0.05, 0) is 42.0 Å². The molecule has 28 heavy (non-hydrogen) atoms. The number of hydrogen-bond donors (Lipinski definition) is 0. The van der Waals surface area contributed by atoms with Crippen LogP contribution in [0.4, 0.5) is 0 Å². The predicted molar refractivity (Wildman–Crippen MR) is 113 cm³/mol. The Morgan fingerprint density at radius 1 is 1.00 bits per heavy atom. The molecule has 0 saturated heterocycles. The third-order valence-corrected chi connectivity index (χ3v) is 5.61. The molecule has 4 rings (SSSR count). The topological polar surface area (TPSA) is 25.2 Å². The summed E-state index contributed by atoms with van der Waals surface area (Å²) in [5, 5.41) is 0. The largest absolute Gasteiger partial charge is 0.345 e. The van der Waals surface area contributed by atoms with Crippen molar-refractivity contribution in [2.45, 2.75) is 38.8 Å². The highest BCUT2D eigenvalue weighted by molar-refractivity contribution is 5.83. The van der Waals surface area contributed by atoms with Crippen molar-refractivity contribution >= 4 is 5.91 Å². The number of benzene rings is 2. The lowest BCUT2D eigenvalue weighted by Gasteiger charge is -2.23. The Kier molecular flexibility index (Phi) is 5.61. The molecule has 1 aromatic heterocycles. The number of hydrogen-bond acceptors (Lipinski definition) is 1. The molecule has 1 heterocycles. The number of aromatic nitrogens is 1. The molecule has 3 heteroatoms. The van der Waals surface area contributed by atoms with Crippen LogP contribution in [0, 0.1) is 5.92 Å². The molecular weight excluding hydrogens is 344 g/mol. The van der Waals surface area contributed by atoms with Crippen LogP contribution in [0.25, 0.3) is 0 Å². The van der Waals surface area contributed by atoms with Crippen LogP contribution in [0.5, 0.6) is 0 Å². The van der Waals surface area contributed by atoms with Crippen LogP contribution in [0.1, 0.15) is 42.5 Å². The van der Waals surface area contributed by atoms with E-state index in [1.165, 1.54) is 16.8 Å². The van der Waals surface area contributed by atoms with Crippen molar-refractivity contribution in [3.05, 3.63) is 95.8 Å². The summed E-state index contributed by atoms with van der Waals surface area (Å²) in [6, 6.07) is 25.2. The predicted octanol–water partition coefficient (Wildman–Crippen LogP) is 5.08. The zero-order valence-electron chi connectivity index (χ0n) is 16.5. The summed E-state index contributed by atoms with van der Waals surface area (Å²) < 4.78 is 2.26. The van der Waals surface area contributed by atoms with Gasteiger partial charge in [0.2, 0.25) is 5.91 Å². The third-order valence-electron chi connectivity index (χ3n) is 5.61. The van der Waals surface area contributed by atoms with Crippen molar-refractivity contribution in [2.24, 2.45) is 5.92 Å². The van der Waals surface area contributed by atoms with E-state index >= 15 is 0 Å². The second-order valence-corrected chi connectivity index (χ2v) is 7.73. The van der Waals surface area contributed by atoms with Crippen LogP contribution in [0.2, 0.25) is 0 Å². The van der Waals surface area contributed by atoms with Gasteiger partial charge in [0.05, 0.1) is 6.54 Å². The van der Waals surface area contributed by atoms with Gasteiger partial charge in [-0.25, -0.2) is 0 Å². The molecule has 144 valence electrons. The second kappa shape index (κ2) is 8.47. The van der Waals surface area contributed by atoms with Gasteiger partial charge in [-0.3, -0.25) is 4.79 Å². The van der Waals surface area contributed by atoms with Gasteiger partial charge in [0, 0.05) is 30.9 Å². The van der Waals surface area contributed by atoms with Crippen LogP contribution in [0.3, 0.4) is 0 Å². The van der Waals surface area contributed by atoms with Crippen molar-refractivity contribution < 1.29 is 4.79 Å². The molecule has 2 atom stereocenters. The van der Waals surface area contributed by atoms with Gasteiger partial charge in [0.15, 0.2) is 0 Å². The molecule has 1 fully saturated rings. The summed E-state index contributed by atoms with van der Waals surface area (Å²) in [5.41, 5.74) is 3.77. The Morgan fingerprint density at radius 2 is 1.71 bits per heavy atom. The van der Waals surface area contributed by atoms with Crippen LogP contribution in [-0.2, 0) is 17.9 Å². The molecule has 1 aliphatic carbocycles. The third kappa shape index (κ3) is 4.19. The fourth-order valence-electron chi connectivity index (χ4n) is 4.03. The number of rotatable bonds is 8. The van der Waals surface area contributed by atoms with Gasteiger partial charge in [0.1, 0.15) is 0 Å². The maximum atomic E-state index is 13.2. The number of amides is 1. The minimum atomic E-state index is 0.145. The summed E-state index contributed by atoms with van der Waals surface area (Å²) in [6.07, 6.45) is 4.07. The van der Waals surface area contributed by atoms with E-state index in [2.05, 4.69) is 83.3 Å². The fourth-order valence-corrected chi connectivity index (χ4v) is 4.03. The van der Waals surface area contributed by atoms with Crippen molar-refractivity contribution in [2.75, 3.05) is 6.54 Å². The molecule has 1 aliphatic rings. The fraction of sp³-hybridized carbons (Fsp3) is 0.320. The zero-order chi connectivity index (χ0) is 19.3. The number of carbonyl (C=O) groups is 1. The van der Waals surface area contributed by atoms with Crippen LogP contribution in [0.15, 0.2) is 79.0 Å². The van der Waals surface area contributed by atoms with Crippen molar-refractivity contribution in [3.63, 3.8) is 0 Å². The highest BCUT2D eigenvalue weighted by Gasteiger charge is 2.45. The molecule has 3 nitrogen and oxygen atoms in total.